The Morgan fingerprint density at radius 1 is 1.26 bits per heavy atom. The van der Waals surface area contributed by atoms with Crippen LogP contribution in [0.15, 0.2) is 23.1 Å². The number of hydrogen-bond donors (Lipinski definition) is 1. The highest BCUT2D eigenvalue weighted by Gasteiger charge is 2.33. The molecule has 0 radical (unpaired) electrons. The minimum absolute atomic E-state index is 0.0618. The van der Waals surface area contributed by atoms with Gasteiger partial charge in [0.15, 0.2) is 0 Å². The van der Waals surface area contributed by atoms with Crippen LogP contribution in [0, 0.1) is 5.92 Å². The van der Waals surface area contributed by atoms with Crippen LogP contribution < -0.4 is 0 Å². The Balaban J connectivity index is 2.32. The van der Waals surface area contributed by atoms with E-state index < -0.39 is 16.1 Å². The maximum absolute atomic E-state index is 12.4. The Hall–Kier alpha value is -0.330. The van der Waals surface area contributed by atoms with E-state index in [0.717, 1.165) is 0 Å². The summed E-state index contributed by atoms with van der Waals surface area (Å²) in [4.78, 5) is 0.0618. The van der Waals surface area contributed by atoms with Crippen molar-refractivity contribution >= 4 is 33.2 Å². The number of hydrogen-bond acceptors (Lipinski definition) is 3. The highest BCUT2D eigenvalue weighted by atomic mass is 35.5. The molecule has 0 aliphatic carbocycles. The summed E-state index contributed by atoms with van der Waals surface area (Å²) in [5.41, 5.74) is 0. The van der Waals surface area contributed by atoms with Crippen molar-refractivity contribution in [3.05, 3.63) is 28.2 Å². The molecule has 1 heterocycles. The minimum Gasteiger partial charge on any atom is -0.391 e. The molecular weight excluding hydrogens is 309 g/mol. The quantitative estimate of drug-likeness (QED) is 0.909. The molecule has 1 aliphatic rings. The summed E-state index contributed by atoms with van der Waals surface area (Å²) in [6, 6.07) is 4.22. The summed E-state index contributed by atoms with van der Waals surface area (Å²) >= 11 is 11.7. The maximum atomic E-state index is 12.4. The van der Waals surface area contributed by atoms with Gasteiger partial charge in [-0.05, 0) is 30.5 Å². The van der Waals surface area contributed by atoms with Crippen LogP contribution in [0.2, 0.25) is 10.0 Å². The highest BCUT2D eigenvalue weighted by Crippen LogP contribution is 2.27. The third-order valence-electron chi connectivity index (χ3n) is 3.36. The van der Waals surface area contributed by atoms with Crippen LogP contribution in [0.1, 0.15) is 13.3 Å². The summed E-state index contributed by atoms with van der Waals surface area (Å²) in [7, 11) is -3.66. The standard InChI is InChI=1S/C12H15Cl2NO3S/c1-8-2-3-15(7-12(8)16)19(17,18)11-5-9(13)4-10(14)6-11/h4-6,8,12,16H,2-3,7H2,1H3. The summed E-state index contributed by atoms with van der Waals surface area (Å²) in [5, 5.41) is 10.4. The molecule has 0 amide bonds. The summed E-state index contributed by atoms with van der Waals surface area (Å²) in [5.74, 6) is 0.106. The second kappa shape index (κ2) is 5.58. The van der Waals surface area contributed by atoms with Gasteiger partial charge in [-0.3, -0.25) is 0 Å². The Kier molecular flexibility index (Phi) is 4.42. The molecule has 1 N–H and O–H groups in total. The van der Waals surface area contributed by atoms with E-state index in [2.05, 4.69) is 0 Å². The zero-order valence-electron chi connectivity index (χ0n) is 10.4. The third-order valence-corrected chi connectivity index (χ3v) is 5.63. The first-order chi connectivity index (χ1) is 8.80. The number of rotatable bonds is 2. The number of aliphatic hydroxyl groups excluding tert-OH is 1. The normalized spacial score (nSPS) is 25.5. The van der Waals surface area contributed by atoms with Gasteiger partial charge in [-0.2, -0.15) is 4.31 Å². The van der Waals surface area contributed by atoms with E-state index in [-0.39, 0.29) is 27.4 Å². The lowest BCUT2D eigenvalue weighted by Crippen LogP contribution is -2.45. The van der Waals surface area contributed by atoms with Crippen molar-refractivity contribution in [2.45, 2.75) is 24.3 Å². The second-order valence-corrected chi connectivity index (χ2v) is 7.61. The lowest BCUT2D eigenvalue weighted by Gasteiger charge is -2.33. The second-order valence-electron chi connectivity index (χ2n) is 4.80. The molecule has 0 aromatic heterocycles. The van der Waals surface area contributed by atoms with E-state index in [4.69, 9.17) is 23.2 Å². The van der Waals surface area contributed by atoms with Gasteiger partial charge in [0.2, 0.25) is 10.0 Å². The summed E-state index contributed by atoms with van der Waals surface area (Å²) in [6.45, 7) is 2.41. The first-order valence-corrected chi connectivity index (χ1v) is 8.14. The Morgan fingerprint density at radius 3 is 2.37 bits per heavy atom. The molecule has 1 saturated heterocycles. The fourth-order valence-electron chi connectivity index (χ4n) is 2.06. The van der Waals surface area contributed by atoms with Crippen LogP contribution in [-0.4, -0.2) is 37.0 Å². The lowest BCUT2D eigenvalue weighted by atomic mass is 9.98. The predicted octanol–water partition coefficient (Wildman–Crippen LogP) is 2.38. The average Bonchev–Trinajstić information content (AvgIpc) is 2.31. The maximum Gasteiger partial charge on any atom is 0.243 e. The number of benzene rings is 1. The minimum atomic E-state index is -3.66. The lowest BCUT2D eigenvalue weighted by molar-refractivity contribution is 0.0605. The molecule has 1 fully saturated rings. The van der Waals surface area contributed by atoms with Gasteiger partial charge in [-0.15, -0.1) is 0 Å². The van der Waals surface area contributed by atoms with Crippen molar-refractivity contribution in [2.75, 3.05) is 13.1 Å². The third kappa shape index (κ3) is 3.23. The molecule has 2 rings (SSSR count). The van der Waals surface area contributed by atoms with Gasteiger partial charge in [-0.1, -0.05) is 30.1 Å². The number of β-amino-alcohol motifs (C(OH)–C–C–N with tert-alkyl or cyclic N) is 1. The zero-order chi connectivity index (χ0) is 14.2. The van der Waals surface area contributed by atoms with Gasteiger partial charge in [0.05, 0.1) is 11.0 Å². The van der Waals surface area contributed by atoms with Crippen LogP contribution in [0.25, 0.3) is 0 Å². The van der Waals surface area contributed by atoms with Crippen LogP contribution in [-0.2, 0) is 10.0 Å². The molecule has 1 aliphatic heterocycles. The SMILES string of the molecule is CC1CCN(S(=O)(=O)c2cc(Cl)cc(Cl)c2)CC1O. The average molecular weight is 324 g/mol. The summed E-state index contributed by atoms with van der Waals surface area (Å²) in [6.07, 6.45) is -0.00695. The molecule has 0 saturated carbocycles. The van der Waals surface area contributed by atoms with Crippen LogP contribution >= 0.6 is 23.2 Å². The van der Waals surface area contributed by atoms with E-state index in [1.165, 1.54) is 22.5 Å². The van der Waals surface area contributed by atoms with E-state index >= 15 is 0 Å². The summed E-state index contributed by atoms with van der Waals surface area (Å²) < 4.78 is 26.2. The Labute approximate surface area is 123 Å². The molecule has 1 aromatic carbocycles. The molecular formula is C12H15Cl2NO3S. The van der Waals surface area contributed by atoms with Crippen molar-refractivity contribution in [1.29, 1.82) is 0 Å². The first-order valence-electron chi connectivity index (χ1n) is 5.95. The van der Waals surface area contributed by atoms with Gasteiger partial charge in [-0.25, -0.2) is 8.42 Å². The Bertz CT molecular complexity index is 556. The van der Waals surface area contributed by atoms with Gasteiger partial charge in [0, 0.05) is 23.1 Å². The van der Waals surface area contributed by atoms with E-state index in [0.29, 0.717) is 13.0 Å². The number of nitrogens with zero attached hydrogens (tertiary/aromatic N) is 1. The molecule has 2 atom stereocenters. The molecule has 2 unspecified atom stereocenters. The Morgan fingerprint density at radius 2 is 1.84 bits per heavy atom. The molecule has 0 bridgehead atoms. The van der Waals surface area contributed by atoms with Crippen molar-refractivity contribution < 1.29 is 13.5 Å². The fraction of sp³-hybridized carbons (Fsp3) is 0.500. The fourth-order valence-corrected chi connectivity index (χ4v) is 4.26. The number of halogens is 2. The van der Waals surface area contributed by atoms with Crippen LogP contribution in [0.3, 0.4) is 0 Å². The van der Waals surface area contributed by atoms with Crippen molar-refractivity contribution in [1.82, 2.24) is 4.31 Å². The number of piperidine rings is 1. The van der Waals surface area contributed by atoms with E-state index in [1.54, 1.807) is 0 Å². The molecule has 106 valence electrons. The number of sulfonamides is 1. The van der Waals surface area contributed by atoms with Crippen molar-refractivity contribution in [2.24, 2.45) is 5.92 Å². The smallest absolute Gasteiger partial charge is 0.243 e. The monoisotopic (exact) mass is 323 g/mol. The van der Waals surface area contributed by atoms with Crippen LogP contribution in [0.4, 0.5) is 0 Å². The molecule has 19 heavy (non-hydrogen) atoms. The molecule has 4 nitrogen and oxygen atoms in total. The first kappa shape index (κ1) is 15.1. The predicted molar refractivity (Wildman–Crippen MR) is 75.0 cm³/mol. The molecule has 7 heteroatoms. The largest absolute Gasteiger partial charge is 0.391 e. The van der Waals surface area contributed by atoms with E-state index in [9.17, 15) is 13.5 Å². The van der Waals surface area contributed by atoms with Gasteiger partial charge < -0.3 is 5.11 Å². The number of aliphatic hydroxyl groups is 1. The van der Waals surface area contributed by atoms with Crippen molar-refractivity contribution in [3.63, 3.8) is 0 Å². The highest BCUT2D eigenvalue weighted by molar-refractivity contribution is 7.89. The topological polar surface area (TPSA) is 57.6 Å². The molecule has 0 spiro atoms. The van der Waals surface area contributed by atoms with Gasteiger partial charge >= 0.3 is 0 Å². The van der Waals surface area contributed by atoms with Crippen molar-refractivity contribution in [3.8, 4) is 0 Å². The van der Waals surface area contributed by atoms with Gasteiger partial charge in [0.1, 0.15) is 0 Å². The van der Waals surface area contributed by atoms with E-state index in [1.807, 2.05) is 6.92 Å². The van der Waals surface area contributed by atoms with Crippen LogP contribution in [0.5, 0.6) is 0 Å². The van der Waals surface area contributed by atoms with Gasteiger partial charge in [0.25, 0.3) is 0 Å². The zero-order valence-corrected chi connectivity index (χ0v) is 12.7. The molecule has 1 aromatic rings.